The number of rotatable bonds is 8. The number of hydrogen-bond acceptors (Lipinski definition) is 3. The molecule has 1 aliphatic carbocycles. The van der Waals surface area contributed by atoms with Gasteiger partial charge in [0.15, 0.2) is 6.10 Å². The van der Waals surface area contributed by atoms with E-state index in [1.165, 1.54) is 0 Å². The molecule has 4 rings (SSSR count). The topological polar surface area (TPSA) is 67.4 Å². The minimum Gasteiger partial charge on any atom is -0.481 e. The van der Waals surface area contributed by atoms with Gasteiger partial charge < -0.3 is 15.4 Å². The summed E-state index contributed by atoms with van der Waals surface area (Å²) in [4.78, 5) is 24.4. The van der Waals surface area contributed by atoms with Crippen molar-refractivity contribution in [3.8, 4) is 16.9 Å². The Morgan fingerprint density at radius 3 is 2.35 bits per heavy atom. The predicted octanol–water partition coefficient (Wildman–Crippen LogP) is 4.79. The minimum absolute atomic E-state index is 0.0708. The van der Waals surface area contributed by atoms with Crippen LogP contribution in [-0.2, 0) is 16.1 Å². The standard InChI is InChI=1S/C26H26N2O3/c1-18(31-24-14-12-21(13-15-24)20-7-3-2-4-8-20)25(29)27-17-19-6-5-9-23(16-19)28-26(30)22-10-11-22/h2-9,12-16,18,22H,10-11,17H2,1H3,(H,27,29)(H,28,30). The van der Waals surface area contributed by atoms with Crippen LogP contribution in [-0.4, -0.2) is 17.9 Å². The van der Waals surface area contributed by atoms with Gasteiger partial charge in [0.25, 0.3) is 5.91 Å². The maximum absolute atomic E-state index is 12.5. The molecule has 0 aromatic heterocycles. The summed E-state index contributed by atoms with van der Waals surface area (Å²) in [6.45, 7) is 2.10. The van der Waals surface area contributed by atoms with Crippen molar-refractivity contribution in [2.75, 3.05) is 5.32 Å². The lowest BCUT2D eigenvalue weighted by molar-refractivity contribution is -0.127. The van der Waals surface area contributed by atoms with Crippen molar-refractivity contribution in [2.24, 2.45) is 5.92 Å². The van der Waals surface area contributed by atoms with Crippen molar-refractivity contribution in [3.05, 3.63) is 84.4 Å². The van der Waals surface area contributed by atoms with E-state index in [0.29, 0.717) is 12.3 Å². The zero-order chi connectivity index (χ0) is 21.6. The normalized spacial score (nSPS) is 13.8. The zero-order valence-corrected chi connectivity index (χ0v) is 17.5. The Kier molecular flexibility index (Phi) is 6.32. The Balaban J connectivity index is 1.28. The van der Waals surface area contributed by atoms with Crippen LogP contribution in [0.25, 0.3) is 11.1 Å². The quantitative estimate of drug-likeness (QED) is 0.557. The number of amides is 2. The van der Waals surface area contributed by atoms with E-state index in [9.17, 15) is 9.59 Å². The maximum atomic E-state index is 12.5. The second kappa shape index (κ2) is 9.47. The van der Waals surface area contributed by atoms with E-state index < -0.39 is 6.10 Å². The number of hydrogen-bond donors (Lipinski definition) is 2. The van der Waals surface area contributed by atoms with Gasteiger partial charge in [-0.3, -0.25) is 9.59 Å². The Hall–Kier alpha value is -3.60. The summed E-state index contributed by atoms with van der Waals surface area (Å²) in [5, 5.41) is 5.82. The van der Waals surface area contributed by atoms with E-state index in [1.54, 1.807) is 6.92 Å². The van der Waals surface area contributed by atoms with Crippen molar-refractivity contribution in [1.82, 2.24) is 5.32 Å². The van der Waals surface area contributed by atoms with E-state index in [1.807, 2.05) is 66.7 Å². The highest BCUT2D eigenvalue weighted by Crippen LogP contribution is 2.30. The lowest BCUT2D eigenvalue weighted by Crippen LogP contribution is -2.35. The molecule has 1 aliphatic rings. The van der Waals surface area contributed by atoms with Gasteiger partial charge in [0.1, 0.15) is 5.75 Å². The molecule has 0 spiro atoms. The van der Waals surface area contributed by atoms with Crippen molar-refractivity contribution in [2.45, 2.75) is 32.4 Å². The third-order valence-corrected chi connectivity index (χ3v) is 5.25. The average molecular weight is 415 g/mol. The van der Waals surface area contributed by atoms with Gasteiger partial charge >= 0.3 is 0 Å². The molecule has 3 aromatic rings. The predicted molar refractivity (Wildman–Crippen MR) is 122 cm³/mol. The van der Waals surface area contributed by atoms with Crippen molar-refractivity contribution < 1.29 is 14.3 Å². The fraction of sp³-hybridized carbons (Fsp3) is 0.231. The molecule has 2 N–H and O–H groups in total. The molecule has 0 saturated heterocycles. The summed E-state index contributed by atoms with van der Waals surface area (Å²) in [6, 6.07) is 25.3. The highest BCUT2D eigenvalue weighted by atomic mass is 16.5. The van der Waals surface area contributed by atoms with Crippen molar-refractivity contribution >= 4 is 17.5 Å². The Morgan fingerprint density at radius 2 is 1.65 bits per heavy atom. The van der Waals surface area contributed by atoms with E-state index in [2.05, 4.69) is 22.8 Å². The van der Waals surface area contributed by atoms with Crippen LogP contribution < -0.4 is 15.4 Å². The van der Waals surface area contributed by atoms with Crippen LogP contribution in [0, 0.1) is 5.92 Å². The van der Waals surface area contributed by atoms with E-state index >= 15 is 0 Å². The second-order valence-corrected chi connectivity index (χ2v) is 7.83. The van der Waals surface area contributed by atoms with Crippen LogP contribution in [0.5, 0.6) is 5.75 Å². The molecule has 0 heterocycles. The zero-order valence-electron chi connectivity index (χ0n) is 17.5. The lowest BCUT2D eigenvalue weighted by Gasteiger charge is -2.15. The van der Waals surface area contributed by atoms with Gasteiger partial charge in [-0.1, -0.05) is 54.6 Å². The van der Waals surface area contributed by atoms with E-state index in [-0.39, 0.29) is 17.7 Å². The monoisotopic (exact) mass is 414 g/mol. The number of carbonyl (C=O) groups excluding carboxylic acids is 2. The molecule has 5 nitrogen and oxygen atoms in total. The van der Waals surface area contributed by atoms with Crippen LogP contribution in [0.2, 0.25) is 0 Å². The first-order valence-corrected chi connectivity index (χ1v) is 10.6. The first-order chi connectivity index (χ1) is 15.1. The molecule has 0 bridgehead atoms. The second-order valence-electron chi connectivity index (χ2n) is 7.83. The summed E-state index contributed by atoms with van der Waals surface area (Å²) in [6.07, 6.45) is 1.31. The van der Waals surface area contributed by atoms with Gasteiger partial charge in [0, 0.05) is 18.2 Å². The van der Waals surface area contributed by atoms with Crippen LogP contribution in [0.3, 0.4) is 0 Å². The summed E-state index contributed by atoms with van der Waals surface area (Å²) >= 11 is 0. The van der Waals surface area contributed by atoms with Crippen LogP contribution in [0.15, 0.2) is 78.9 Å². The summed E-state index contributed by atoms with van der Waals surface area (Å²) in [5.74, 6) is 0.677. The Morgan fingerprint density at radius 1 is 0.935 bits per heavy atom. The fourth-order valence-corrected chi connectivity index (χ4v) is 3.30. The van der Waals surface area contributed by atoms with Crippen LogP contribution in [0.1, 0.15) is 25.3 Å². The largest absolute Gasteiger partial charge is 0.481 e. The number of benzene rings is 3. The average Bonchev–Trinajstić information content (AvgIpc) is 3.64. The molecule has 1 fully saturated rings. The van der Waals surface area contributed by atoms with Gasteiger partial charge in [-0.25, -0.2) is 0 Å². The van der Waals surface area contributed by atoms with Crippen molar-refractivity contribution in [3.63, 3.8) is 0 Å². The van der Waals surface area contributed by atoms with Gasteiger partial charge in [-0.05, 0) is 60.7 Å². The van der Waals surface area contributed by atoms with E-state index in [4.69, 9.17) is 4.74 Å². The number of carbonyl (C=O) groups is 2. The molecule has 0 aliphatic heterocycles. The van der Waals surface area contributed by atoms with E-state index in [0.717, 1.165) is 35.2 Å². The summed E-state index contributed by atoms with van der Waals surface area (Å²) < 4.78 is 5.80. The van der Waals surface area contributed by atoms with Crippen LogP contribution in [0.4, 0.5) is 5.69 Å². The first kappa shape index (κ1) is 20.7. The smallest absolute Gasteiger partial charge is 0.261 e. The van der Waals surface area contributed by atoms with Gasteiger partial charge in [-0.15, -0.1) is 0 Å². The molecule has 158 valence electrons. The molecule has 3 aromatic carbocycles. The van der Waals surface area contributed by atoms with Crippen LogP contribution >= 0.6 is 0 Å². The minimum atomic E-state index is -0.625. The van der Waals surface area contributed by atoms with Gasteiger partial charge in [-0.2, -0.15) is 0 Å². The lowest BCUT2D eigenvalue weighted by atomic mass is 10.1. The molecule has 31 heavy (non-hydrogen) atoms. The highest BCUT2D eigenvalue weighted by molar-refractivity contribution is 5.94. The molecule has 0 radical (unpaired) electrons. The van der Waals surface area contributed by atoms with Gasteiger partial charge in [0.05, 0.1) is 0 Å². The number of ether oxygens (including phenoxy) is 1. The SMILES string of the molecule is CC(Oc1ccc(-c2ccccc2)cc1)C(=O)NCc1cccc(NC(=O)C2CC2)c1. The summed E-state index contributed by atoms with van der Waals surface area (Å²) in [7, 11) is 0. The number of nitrogens with one attached hydrogen (secondary N) is 2. The molecular weight excluding hydrogens is 388 g/mol. The maximum Gasteiger partial charge on any atom is 0.261 e. The molecule has 1 saturated carbocycles. The molecule has 1 unspecified atom stereocenters. The molecule has 5 heteroatoms. The van der Waals surface area contributed by atoms with Gasteiger partial charge in [0.2, 0.25) is 5.91 Å². The Bertz CT molecular complexity index is 1040. The molecule has 2 amide bonds. The third-order valence-electron chi connectivity index (χ3n) is 5.25. The summed E-state index contributed by atoms with van der Waals surface area (Å²) in [5.41, 5.74) is 3.90. The Labute approximate surface area is 182 Å². The number of anilines is 1. The van der Waals surface area contributed by atoms with Crippen molar-refractivity contribution in [1.29, 1.82) is 0 Å². The third kappa shape index (κ3) is 5.72. The molecule has 1 atom stereocenters. The fourth-order valence-electron chi connectivity index (χ4n) is 3.30. The first-order valence-electron chi connectivity index (χ1n) is 10.6. The molecular formula is C26H26N2O3. The highest BCUT2D eigenvalue weighted by Gasteiger charge is 2.29.